The molecule has 0 N–H and O–H groups in total. The summed E-state index contributed by atoms with van der Waals surface area (Å²) in [6.07, 6.45) is 4.00. The molecular formula is C15H13ClN2O. The summed E-state index contributed by atoms with van der Waals surface area (Å²) in [7, 11) is 0. The minimum Gasteiger partial charge on any atom is -0.452 e. The highest BCUT2D eigenvalue weighted by molar-refractivity contribution is 6.32. The van der Waals surface area contributed by atoms with E-state index in [0.717, 1.165) is 16.9 Å². The first kappa shape index (κ1) is 12.1. The van der Waals surface area contributed by atoms with E-state index >= 15 is 0 Å². The lowest BCUT2D eigenvalue weighted by Crippen LogP contribution is -1.92. The number of rotatable bonds is 2. The van der Waals surface area contributed by atoms with Gasteiger partial charge in [-0.1, -0.05) is 23.7 Å². The summed E-state index contributed by atoms with van der Waals surface area (Å²) in [5, 5.41) is 0.588. The van der Waals surface area contributed by atoms with Crippen molar-refractivity contribution in [1.82, 2.24) is 9.38 Å². The van der Waals surface area contributed by atoms with E-state index in [-0.39, 0.29) is 0 Å². The Morgan fingerprint density at radius 1 is 1.11 bits per heavy atom. The Labute approximate surface area is 116 Å². The van der Waals surface area contributed by atoms with Gasteiger partial charge in [-0.25, -0.2) is 4.98 Å². The molecule has 0 fully saturated rings. The standard InChI is InChI=1S/C15H13ClN2O/c1-10-7-14(15-17-11(2)9-18(15)8-10)19-13-6-4-3-5-12(13)16/h3-9H,1-2H3. The highest BCUT2D eigenvalue weighted by atomic mass is 35.5. The molecule has 3 nitrogen and oxygen atoms in total. The number of fused-ring (bicyclic) bond motifs is 1. The molecule has 1 aromatic carbocycles. The van der Waals surface area contributed by atoms with Crippen LogP contribution >= 0.6 is 11.6 Å². The van der Waals surface area contributed by atoms with Gasteiger partial charge >= 0.3 is 0 Å². The zero-order chi connectivity index (χ0) is 13.4. The van der Waals surface area contributed by atoms with E-state index in [1.54, 1.807) is 6.07 Å². The van der Waals surface area contributed by atoms with Crippen LogP contribution in [-0.2, 0) is 0 Å². The Morgan fingerprint density at radius 3 is 2.68 bits per heavy atom. The van der Waals surface area contributed by atoms with Gasteiger partial charge in [0, 0.05) is 12.4 Å². The Bertz CT molecular complexity index is 749. The van der Waals surface area contributed by atoms with Crippen LogP contribution < -0.4 is 4.74 Å². The highest BCUT2D eigenvalue weighted by Crippen LogP contribution is 2.31. The molecule has 0 aliphatic carbocycles. The maximum absolute atomic E-state index is 6.12. The zero-order valence-electron chi connectivity index (χ0n) is 10.7. The molecule has 2 aromatic heterocycles. The van der Waals surface area contributed by atoms with Crippen LogP contribution in [-0.4, -0.2) is 9.38 Å². The number of ether oxygens (including phenoxy) is 1. The van der Waals surface area contributed by atoms with E-state index in [9.17, 15) is 0 Å². The van der Waals surface area contributed by atoms with Gasteiger partial charge in [0.05, 0.1) is 10.7 Å². The molecule has 96 valence electrons. The number of imidazole rings is 1. The van der Waals surface area contributed by atoms with Crippen molar-refractivity contribution in [3.8, 4) is 11.5 Å². The van der Waals surface area contributed by atoms with Gasteiger partial charge < -0.3 is 9.14 Å². The van der Waals surface area contributed by atoms with Crippen LogP contribution in [0.3, 0.4) is 0 Å². The maximum atomic E-state index is 6.12. The fourth-order valence-electron chi connectivity index (χ4n) is 2.05. The van der Waals surface area contributed by atoms with Crippen LogP contribution in [0.15, 0.2) is 42.7 Å². The highest BCUT2D eigenvalue weighted by Gasteiger charge is 2.09. The van der Waals surface area contributed by atoms with Crippen molar-refractivity contribution in [1.29, 1.82) is 0 Å². The molecule has 0 spiro atoms. The Hall–Kier alpha value is -2.00. The topological polar surface area (TPSA) is 26.5 Å². The second kappa shape index (κ2) is 4.59. The summed E-state index contributed by atoms with van der Waals surface area (Å²) in [6, 6.07) is 9.38. The second-order valence-corrected chi connectivity index (χ2v) is 4.93. The van der Waals surface area contributed by atoms with Gasteiger partial charge in [-0.2, -0.15) is 0 Å². The number of benzene rings is 1. The molecule has 0 atom stereocenters. The predicted octanol–water partition coefficient (Wildman–Crippen LogP) is 4.40. The van der Waals surface area contributed by atoms with Crippen LogP contribution in [0.5, 0.6) is 11.5 Å². The number of nitrogens with zero attached hydrogens (tertiary/aromatic N) is 2. The van der Waals surface area contributed by atoms with Crippen molar-refractivity contribution in [2.45, 2.75) is 13.8 Å². The number of hydrogen-bond acceptors (Lipinski definition) is 2. The molecule has 3 aromatic rings. The van der Waals surface area contributed by atoms with Gasteiger partial charge in [0.1, 0.15) is 5.75 Å². The maximum Gasteiger partial charge on any atom is 0.180 e. The van der Waals surface area contributed by atoms with Crippen LogP contribution in [0.2, 0.25) is 5.02 Å². The van der Waals surface area contributed by atoms with Gasteiger partial charge in [0.25, 0.3) is 0 Å². The molecule has 0 aliphatic heterocycles. The molecule has 0 aliphatic rings. The number of aromatic nitrogens is 2. The van der Waals surface area contributed by atoms with Gasteiger partial charge in [-0.3, -0.25) is 0 Å². The summed E-state index contributed by atoms with van der Waals surface area (Å²) < 4.78 is 7.87. The largest absolute Gasteiger partial charge is 0.452 e. The number of hydrogen-bond donors (Lipinski definition) is 0. The summed E-state index contributed by atoms with van der Waals surface area (Å²) in [4.78, 5) is 4.47. The molecule has 0 radical (unpaired) electrons. The fourth-order valence-corrected chi connectivity index (χ4v) is 2.22. The van der Waals surface area contributed by atoms with E-state index in [2.05, 4.69) is 4.98 Å². The summed E-state index contributed by atoms with van der Waals surface area (Å²) in [5.74, 6) is 1.35. The minimum atomic E-state index is 0.588. The Kier molecular flexibility index (Phi) is 2.91. The number of aryl methyl sites for hydroxylation is 2. The van der Waals surface area contributed by atoms with Crippen molar-refractivity contribution < 1.29 is 4.74 Å². The minimum absolute atomic E-state index is 0.588. The lowest BCUT2D eigenvalue weighted by molar-refractivity contribution is 0.484. The molecule has 19 heavy (non-hydrogen) atoms. The molecule has 0 saturated heterocycles. The lowest BCUT2D eigenvalue weighted by atomic mass is 10.3. The molecular weight excluding hydrogens is 260 g/mol. The quantitative estimate of drug-likeness (QED) is 0.691. The number of pyridine rings is 1. The van der Waals surface area contributed by atoms with Gasteiger partial charge in [-0.05, 0) is 37.6 Å². The molecule has 0 unspecified atom stereocenters. The molecule has 0 amide bonds. The zero-order valence-corrected chi connectivity index (χ0v) is 11.5. The Balaban J connectivity index is 2.12. The SMILES string of the molecule is Cc1cc(Oc2ccccc2Cl)c2nc(C)cn2c1. The van der Waals surface area contributed by atoms with E-state index in [1.165, 1.54) is 0 Å². The number of halogens is 1. The third-order valence-electron chi connectivity index (χ3n) is 2.83. The van der Waals surface area contributed by atoms with E-state index in [0.29, 0.717) is 16.5 Å². The predicted molar refractivity (Wildman–Crippen MR) is 76.2 cm³/mol. The van der Waals surface area contributed by atoms with Gasteiger partial charge in [-0.15, -0.1) is 0 Å². The van der Waals surface area contributed by atoms with Crippen molar-refractivity contribution in [2.75, 3.05) is 0 Å². The Morgan fingerprint density at radius 2 is 1.89 bits per heavy atom. The van der Waals surface area contributed by atoms with Crippen LogP contribution in [0, 0.1) is 13.8 Å². The molecule has 0 saturated carbocycles. The average molecular weight is 273 g/mol. The first-order valence-corrected chi connectivity index (χ1v) is 6.39. The monoisotopic (exact) mass is 272 g/mol. The third-order valence-corrected chi connectivity index (χ3v) is 3.14. The van der Waals surface area contributed by atoms with Crippen molar-refractivity contribution in [2.24, 2.45) is 0 Å². The molecule has 0 bridgehead atoms. The molecule has 4 heteroatoms. The summed E-state index contributed by atoms with van der Waals surface area (Å²) in [5.41, 5.74) is 2.85. The normalized spacial score (nSPS) is 10.9. The third kappa shape index (κ3) is 2.29. The van der Waals surface area contributed by atoms with E-state index < -0.39 is 0 Å². The lowest BCUT2D eigenvalue weighted by Gasteiger charge is -2.09. The van der Waals surface area contributed by atoms with Crippen molar-refractivity contribution in [3.05, 3.63) is 59.0 Å². The van der Waals surface area contributed by atoms with Crippen molar-refractivity contribution in [3.63, 3.8) is 0 Å². The fraction of sp³-hybridized carbons (Fsp3) is 0.133. The number of para-hydroxylation sites is 1. The molecule has 2 heterocycles. The van der Waals surface area contributed by atoms with Crippen LogP contribution in [0.1, 0.15) is 11.3 Å². The van der Waals surface area contributed by atoms with Crippen LogP contribution in [0.25, 0.3) is 5.65 Å². The van der Waals surface area contributed by atoms with Crippen LogP contribution in [0.4, 0.5) is 0 Å². The first-order chi connectivity index (χ1) is 9.13. The summed E-state index contributed by atoms with van der Waals surface area (Å²) in [6.45, 7) is 3.98. The molecule has 3 rings (SSSR count). The smallest absolute Gasteiger partial charge is 0.180 e. The summed E-state index contributed by atoms with van der Waals surface area (Å²) >= 11 is 6.12. The van der Waals surface area contributed by atoms with Gasteiger partial charge in [0.15, 0.2) is 11.4 Å². The van der Waals surface area contributed by atoms with E-state index in [1.807, 2.05) is 54.9 Å². The second-order valence-electron chi connectivity index (χ2n) is 4.53. The average Bonchev–Trinajstić information content (AvgIpc) is 2.72. The van der Waals surface area contributed by atoms with Crippen molar-refractivity contribution >= 4 is 17.2 Å². The first-order valence-electron chi connectivity index (χ1n) is 6.02. The van der Waals surface area contributed by atoms with Gasteiger partial charge in [0.2, 0.25) is 0 Å². The van der Waals surface area contributed by atoms with E-state index in [4.69, 9.17) is 16.3 Å².